The van der Waals surface area contributed by atoms with E-state index in [0.717, 1.165) is 24.9 Å². The van der Waals surface area contributed by atoms with Gasteiger partial charge in [-0.25, -0.2) is 0 Å². The third-order valence-electron chi connectivity index (χ3n) is 3.47. The fraction of sp³-hybridized carbons (Fsp3) is 1.00. The molecule has 0 aromatic heterocycles. The smallest absolute Gasteiger partial charge is 0.0704 e. The second-order valence-corrected chi connectivity index (χ2v) is 4.87. The van der Waals surface area contributed by atoms with E-state index in [-0.39, 0.29) is 0 Å². The summed E-state index contributed by atoms with van der Waals surface area (Å²) in [4.78, 5) is 0. The summed E-state index contributed by atoms with van der Waals surface area (Å²) in [6.45, 7) is 4.01. The van der Waals surface area contributed by atoms with Crippen molar-refractivity contribution in [3.63, 3.8) is 0 Å². The molecule has 3 N–H and O–H groups in total. The summed E-state index contributed by atoms with van der Waals surface area (Å²) < 4.78 is 5.77. The zero-order valence-corrected chi connectivity index (χ0v) is 9.04. The van der Waals surface area contributed by atoms with Crippen molar-refractivity contribution in [2.75, 3.05) is 13.1 Å². The van der Waals surface area contributed by atoms with Crippen LogP contribution in [0, 0.1) is 5.92 Å². The Labute approximate surface area is 86.4 Å². The highest BCUT2D eigenvalue weighted by Crippen LogP contribution is 2.26. The van der Waals surface area contributed by atoms with Gasteiger partial charge in [0.15, 0.2) is 0 Å². The molecular formula is C11H22N2O. The van der Waals surface area contributed by atoms with Crippen molar-refractivity contribution in [2.24, 2.45) is 11.7 Å². The highest BCUT2D eigenvalue weighted by molar-refractivity contribution is 4.84. The van der Waals surface area contributed by atoms with Gasteiger partial charge in [0.2, 0.25) is 0 Å². The van der Waals surface area contributed by atoms with Gasteiger partial charge in [-0.1, -0.05) is 6.92 Å². The predicted octanol–water partition coefficient (Wildman–Crippen LogP) is 0.881. The minimum atomic E-state index is 0.321. The second kappa shape index (κ2) is 4.60. The first-order valence-electron chi connectivity index (χ1n) is 5.87. The van der Waals surface area contributed by atoms with Crippen LogP contribution in [0.3, 0.4) is 0 Å². The lowest BCUT2D eigenvalue weighted by Crippen LogP contribution is -2.43. The van der Waals surface area contributed by atoms with Crippen LogP contribution in [0.5, 0.6) is 0 Å². The van der Waals surface area contributed by atoms with Gasteiger partial charge in [-0.15, -0.1) is 0 Å². The van der Waals surface area contributed by atoms with E-state index in [1.807, 2.05) is 0 Å². The first kappa shape index (κ1) is 10.4. The van der Waals surface area contributed by atoms with Gasteiger partial charge in [-0.05, 0) is 31.6 Å². The van der Waals surface area contributed by atoms with Gasteiger partial charge in [0.25, 0.3) is 0 Å². The summed E-state index contributed by atoms with van der Waals surface area (Å²) in [6, 6.07) is 0.755. The molecule has 1 saturated heterocycles. The summed E-state index contributed by atoms with van der Waals surface area (Å²) in [6.07, 6.45) is 5.74. The normalized spacial score (nSPS) is 42.4. The highest BCUT2D eigenvalue weighted by Gasteiger charge is 2.28. The van der Waals surface area contributed by atoms with Crippen molar-refractivity contribution in [1.82, 2.24) is 5.32 Å². The molecule has 82 valence electrons. The maximum Gasteiger partial charge on any atom is 0.0704 e. The number of nitrogens with one attached hydrogen (secondary N) is 1. The largest absolute Gasteiger partial charge is 0.372 e. The Balaban J connectivity index is 1.58. The van der Waals surface area contributed by atoms with Crippen LogP contribution in [0.1, 0.15) is 32.6 Å². The van der Waals surface area contributed by atoms with Crippen molar-refractivity contribution in [2.45, 2.75) is 50.9 Å². The molecule has 1 aliphatic heterocycles. The van der Waals surface area contributed by atoms with Crippen LogP contribution in [-0.2, 0) is 4.74 Å². The molecule has 1 aliphatic carbocycles. The lowest BCUT2D eigenvalue weighted by atomic mass is 9.82. The van der Waals surface area contributed by atoms with Gasteiger partial charge in [0, 0.05) is 19.1 Å². The zero-order valence-electron chi connectivity index (χ0n) is 9.04. The molecule has 14 heavy (non-hydrogen) atoms. The zero-order chi connectivity index (χ0) is 9.97. The molecule has 0 spiro atoms. The predicted molar refractivity (Wildman–Crippen MR) is 57.1 cm³/mol. The van der Waals surface area contributed by atoms with E-state index in [4.69, 9.17) is 10.5 Å². The Hall–Kier alpha value is -0.120. The van der Waals surface area contributed by atoms with Crippen LogP contribution in [-0.4, -0.2) is 31.3 Å². The number of hydrogen-bond acceptors (Lipinski definition) is 3. The third kappa shape index (κ3) is 2.47. The quantitative estimate of drug-likeness (QED) is 0.705. The van der Waals surface area contributed by atoms with Crippen molar-refractivity contribution in [1.29, 1.82) is 0 Å². The molecule has 2 aliphatic rings. The monoisotopic (exact) mass is 198 g/mol. The standard InChI is InChI=1S/C11H22N2O/c1-8-4-9(5-8)13-7-11-3-2-10(6-12)14-11/h8-11,13H,2-7,12H2,1H3. The van der Waals surface area contributed by atoms with E-state index in [1.165, 1.54) is 19.3 Å². The van der Waals surface area contributed by atoms with Gasteiger partial charge >= 0.3 is 0 Å². The lowest BCUT2D eigenvalue weighted by Gasteiger charge is -2.34. The maximum absolute atomic E-state index is 5.77. The summed E-state index contributed by atoms with van der Waals surface area (Å²) >= 11 is 0. The van der Waals surface area contributed by atoms with Gasteiger partial charge in [0.05, 0.1) is 12.2 Å². The molecule has 3 nitrogen and oxygen atoms in total. The maximum atomic E-state index is 5.77. The minimum absolute atomic E-state index is 0.321. The molecule has 2 fully saturated rings. The Kier molecular flexibility index (Phi) is 3.42. The number of rotatable bonds is 4. The molecule has 0 aromatic carbocycles. The highest BCUT2D eigenvalue weighted by atomic mass is 16.5. The Morgan fingerprint density at radius 3 is 2.57 bits per heavy atom. The third-order valence-corrected chi connectivity index (χ3v) is 3.47. The molecule has 1 saturated carbocycles. The topological polar surface area (TPSA) is 47.3 Å². The second-order valence-electron chi connectivity index (χ2n) is 4.87. The van der Waals surface area contributed by atoms with Crippen LogP contribution in [0.4, 0.5) is 0 Å². The summed E-state index contributed by atoms with van der Waals surface area (Å²) in [5.74, 6) is 0.925. The summed E-state index contributed by atoms with van der Waals surface area (Å²) in [7, 11) is 0. The molecule has 2 rings (SSSR count). The van der Waals surface area contributed by atoms with E-state index < -0.39 is 0 Å². The van der Waals surface area contributed by atoms with Crippen LogP contribution in [0.15, 0.2) is 0 Å². The summed E-state index contributed by atoms with van der Waals surface area (Å²) in [5.41, 5.74) is 5.56. The number of nitrogens with two attached hydrogens (primary N) is 1. The Bertz CT molecular complexity index is 180. The van der Waals surface area contributed by atoms with Crippen LogP contribution in [0.2, 0.25) is 0 Å². The van der Waals surface area contributed by atoms with E-state index in [0.29, 0.717) is 18.8 Å². The molecule has 2 unspecified atom stereocenters. The van der Waals surface area contributed by atoms with Crippen LogP contribution < -0.4 is 11.1 Å². The van der Waals surface area contributed by atoms with Gasteiger partial charge in [-0.3, -0.25) is 0 Å². The first-order chi connectivity index (χ1) is 6.78. The summed E-state index contributed by atoms with van der Waals surface area (Å²) in [5, 5.41) is 3.57. The molecule has 0 bridgehead atoms. The van der Waals surface area contributed by atoms with Crippen molar-refractivity contribution in [3.05, 3.63) is 0 Å². The lowest BCUT2D eigenvalue weighted by molar-refractivity contribution is 0.0453. The Morgan fingerprint density at radius 2 is 2.00 bits per heavy atom. The number of ether oxygens (including phenoxy) is 1. The van der Waals surface area contributed by atoms with Gasteiger partial charge in [0.1, 0.15) is 0 Å². The molecule has 1 heterocycles. The molecule has 0 amide bonds. The Morgan fingerprint density at radius 1 is 1.29 bits per heavy atom. The van der Waals surface area contributed by atoms with Crippen LogP contribution >= 0.6 is 0 Å². The van der Waals surface area contributed by atoms with E-state index in [1.54, 1.807) is 0 Å². The number of hydrogen-bond donors (Lipinski definition) is 2. The molecular weight excluding hydrogens is 176 g/mol. The fourth-order valence-electron chi connectivity index (χ4n) is 2.47. The molecule has 0 radical (unpaired) electrons. The first-order valence-corrected chi connectivity index (χ1v) is 5.87. The van der Waals surface area contributed by atoms with Gasteiger partial charge < -0.3 is 15.8 Å². The SMILES string of the molecule is CC1CC(NCC2CCC(CN)O2)C1. The molecule has 2 atom stereocenters. The fourth-order valence-corrected chi connectivity index (χ4v) is 2.47. The average Bonchev–Trinajstić information content (AvgIpc) is 2.58. The van der Waals surface area contributed by atoms with Gasteiger partial charge in [-0.2, -0.15) is 0 Å². The average molecular weight is 198 g/mol. The van der Waals surface area contributed by atoms with Crippen LogP contribution in [0.25, 0.3) is 0 Å². The van der Waals surface area contributed by atoms with E-state index in [2.05, 4.69) is 12.2 Å². The van der Waals surface area contributed by atoms with E-state index in [9.17, 15) is 0 Å². The van der Waals surface area contributed by atoms with E-state index >= 15 is 0 Å². The van der Waals surface area contributed by atoms with Crippen molar-refractivity contribution in [3.8, 4) is 0 Å². The molecule has 3 heteroatoms. The minimum Gasteiger partial charge on any atom is -0.372 e. The van der Waals surface area contributed by atoms with Crippen molar-refractivity contribution >= 4 is 0 Å². The molecule has 0 aromatic rings. The van der Waals surface area contributed by atoms with Crippen molar-refractivity contribution < 1.29 is 4.74 Å².